The monoisotopic (exact) mass is 337 g/mol. The zero-order chi connectivity index (χ0) is 15.5. The lowest BCUT2D eigenvalue weighted by atomic mass is 10.2. The largest absolute Gasteiger partial charge is 0.218 e. The Labute approximate surface area is 133 Å². The van der Waals surface area contributed by atoms with Crippen molar-refractivity contribution in [2.75, 3.05) is 0 Å². The van der Waals surface area contributed by atoms with Crippen LogP contribution in [0.5, 0.6) is 0 Å². The maximum Gasteiger partial charge on any atom is 0.216 e. The topological polar surface area (TPSA) is 57.9 Å². The summed E-state index contributed by atoms with van der Waals surface area (Å²) in [5, 5.41) is 9.74. The fourth-order valence-electron chi connectivity index (χ4n) is 1.68. The number of sulfone groups is 1. The molecule has 2 aromatic carbocycles. The summed E-state index contributed by atoms with van der Waals surface area (Å²) in [6.07, 6.45) is 1.19. The van der Waals surface area contributed by atoms with Crippen LogP contribution >= 0.6 is 23.2 Å². The van der Waals surface area contributed by atoms with Crippen molar-refractivity contribution >= 4 is 39.1 Å². The van der Waals surface area contributed by atoms with Crippen LogP contribution in [0, 0.1) is 11.3 Å². The molecule has 2 aromatic rings. The van der Waals surface area contributed by atoms with Gasteiger partial charge in [0.1, 0.15) is 11.0 Å². The van der Waals surface area contributed by atoms with Crippen molar-refractivity contribution in [1.29, 1.82) is 5.26 Å². The first-order valence-electron chi connectivity index (χ1n) is 5.83. The average Bonchev–Trinajstić information content (AvgIpc) is 2.47. The molecule has 0 aliphatic carbocycles. The van der Waals surface area contributed by atoms with Crippen LogP contribution in [0.25, 0.3) is 6.08 Å². The number of allylic oxidation sites excluding steroid dienone is 1. The lowest BCUT2D eigenvalue weighted by Gasteiger charge is -2.05. The molecule has 0 N–H and O–H groups in total. The number of hydrogen-bond donors (Lipinski definition) is 0. The molecule has 0 aliphatic heterocycles. The SMILES string of the molecule is N#C/C(=C\c1c(Cl)cccc1Cl)S(=O)(=O)c1ccccc1. The molecular weight excluding hydrogens is 329 g/mol. The number of hydrogen-bond acceptors (Lipinski definition) is 3. The Hall–Kier alpha value is -1.80. The third kappa shape index (κ3) is 3.27. The predicted molar refractivity (Wildman–Crippen MR) is 83.7 cm³/mol. The van der Waals surface area contributed by atoms with Crippen LogP contribution in [0.1, 0.15) is 5.56 Å². The molecule has 0 bridgehead atoms. The summed E-state index contributed by atoms with van der Waals surface area (Å²) in [5.41, 5.74) is 0.303. The molecule has 2 rings (SSSR count). The molecule has 0 aliphatic rings. The number of nitriles is 1. The van der Waals surface area contributed by atoms with Crippen LogP contribution in [0.3, 0.4) is 0 Å². The second-order valence-corrected chi connectivity index (χ2v) is 6.80. The predicted octanol–water partition coefficient (Wildman–Crippen LogP) is 4.33. The fraction of sp³-hybridized carbons (Fsp3) is 0. The lowest BCUT2D eigenvalue weighted by molar-refractivity contribution is 0.603. The van der Waals surface area contributed by atoms with Gasteiger partial charge < -0.3 is 0 Å². The molecule has 0 amide bonds. The highest BCUT2D eigenvalue weighted by molar-refractivity contribution is 7.95. The van der Waals surface area contributed by atoms with Gasteiger partial charge in [0.25, 0.3) is 0 Å². The first-order chi connectivity index (χ1) is 9.96. The van der Waals surface area contributed by atoms with Crippen LogP contribution in [-0.4, -0.2) is 8.42 Å². The van der Waals surface area contributed by atoms with E-state index in [9.17, 15) is 13.7 Å². The zero-order valence-corrected chi connectivity index (χ0v) is 13.0. The van der Waals surface area contributed by atoms with Gasteiger partial charge in [0.2, 0.25) is 9.84 Å². The third-order valence-electron chi connectivity index (χ3n) is 2.73. The van der Waals surface area contributed by atoms with Crippen molar-refractivity contribution in [2.45, 2.75) is 4.90 Å². The maximum absolute atomic E-state index is 12.4. The summed E-state index contributed by atoms with van der Waals surface area (Å²) in [7, 11) is -3.90. The Bertz CT molecular complexity index is 817. The van der Waals surface area contributed by atoms with Crippen molar-refractivity contribution in [3.63, 3.8) is 0 Å². The van der Waals surface area contributed by atoms with Gasteiger partial charge in [-0.25, -0.2) is 8.42 Å². The summed E-state index contributed by atoms with van der Waals surface area (Å²) < 4.78 is 24.8. The summed E-state index contributed by atoms with van der Waals surface area (Å²) in [6.45, 7) is 0. The first-order valence-corrected chi connectivity index (χ1v) is 8.06. The normalized spacial score (nSPS) is 12.0. The fourth-order valence-corrected chi connectivity index (χ4v) is 3.35. The second-order valence-electron chi connectivity index (χ2n) is 4.07. The molecule has 21 heavy (non-hydrogen) atoms. The van der Waals surface area contributed by atoms with Gasteiger partial charge in [-0.3, -0.25) is 0 Å². The maximum atomic E-state index is 12.4. The second kappa shape index (κ2) is 6.31. The van der Waals surface area contributed by atoms with Crippen LogP contribution in [-0.2, 0) is 9.84 Å². The minimum atomic E-state index is -3.90. The van der Waals surface area contributed by atoms with E-state index in [2.05, 4.69) is 0 Å². The Kier molecular flexibility index (Phi) is 4.69. The number of halogens is 2. The van der Waals surface area contributed by atoms with E-state index >= 15 is 0 Å². The summed E-state index contributed by atoms with van der Waals surface area (Å²) in [5.74, 6) is 0. The van der Waals surface area contributed by atoms with E-state index in [0.717, 1.165) is 0 Å². The van der Waals surface area contributed by atoms with E-state index in [1.165, 1.54) is 18.2 Å². The van der Waals surface area contributed by atoms with Crippen LogP contribution in [0.4, 0.5) is 0 Å². The van der Waals surface area contributed by atoms with E-state index in [1.54, 1.807) is 42.5 Å². The van der Waals surface area contributed by atoms with Crippen molar-refractivity contribution in [3.8, 4) is 6.07 Å². The Morgan fingerprint density at radius 2 is 1.57 bits per heavy atom. The number of benzene rings is 2. The summed E-state index contributed by atoms with van der Waals surface area (Å²) in [4.78, 5) is -0.371. The quantitative estimate of drug-likeness (QED) is 0.783. The van der Waals surface area contributed by atoms with Crippen molar-refractivity contribution in [1.82, 2.24) is 0 Å². The molecule has 0 aromatic heterocycles. The van der Waals surface area contributed by atoms with E-state index in [1.807, 2.05) is 0 Å². The van der Waals surface area contributed by atoms with Gasteiger partial charge >= 0.3 is 0 Å². The smallest absolute Gasteiger partial charge is 0.216 e. The molecule has 0 saturated heterocycles. The minimum absolute atomic E-state index is 0.0426. The van der Waals surface area contributed by atoms with Gasteiger partial charge in [0.05, 0.1) is 4.90 Å². The van der Waals surface area contributed by atoms with Crippen molar-refractivity contribution in [3.05, 3.63) is 69.0 Å². The molecule has 0 fully saturated rings. The molecule has 0 radical (unpaired) electrons. The van der Waals surface area contributed by atoms with E-state index < -0.39 is 14.7 Å². The van der Waals surface area contributed by atoms with Gasteiger partial charge in [-0.05, 0) is 30.3 Å². The molecule has 0 heterocycles. The third-order valence-corrected chi connectivity index (χ3v) is 5.07. The number of rotatable bonds is 3. The van der Waals surface area contributed by atoms with Gasteiger partial charge in [0.15, 0.2) is 0 Å². The van der Waals surface area contributed by atoms with E-state index in [0.29, 0.717) is 5.56 Å². The average molecular weight is 338 g/mol. The van der Waals surface area contributed by atoms with Crippen LogP contribution in [0.2, 0.25) is 10.0 Å². The zero-order valence-electron chi connectivity index (χ0n) is 10.6. The standard InChI is InChI=1S/C15H9Cl2NO2S/c16-14-7-4-8-15(17)13(14)9-12(10-18)21(19,20)11-5-2-1-3-6-11/h1-9H/b12-9+. The molecule has 0 saturated carbocycles. The summed E-state index contributed by atoms with van der Waals surface area (Å²) >= 11 is 12.0. The Balaban J connectivity index is 2.61. The van der Waals surface area contributed by atoms with Gasteiger partial charge in [-0.15, -0.1) is 0 Å². The van der Waals surface area contributed by atoms with Crippen molar-refractivity contribution < 1.29 is 8.42 Å². The van der Waals surface area contributed by atoms with E-state index in [4.69, 9.17) is 23.2 Å². The Morgan fingerprint density at radius 1 is 1.00 bits per heavy atom. The molecule has 0 atom stereocenters. The molecule has 0 spiro atoms. The minimum Gasteiger partial charge on any atom is -0.218 e. The number of nitrogens with zero attached hydrogens (tertiary/aromatic N) is 1. The van der Waals surface area contributed by atoms with Crippen LogP contribution in [0.15, 0.2) is 58.3 Å². The van der Waals surface area contributed by atoms with Gasteiger partial charge in [0, 0.05) is 15.6 Å². The van der Waals surface area contributed by atoms with Gasteiger partial charge in [-0.2, -0.15) is 5.26 Å². The highest BCUT2D eigenvalue weighted by atomic mass is 35.5. The van der Waals surface area contributed by atoms with Gasteiger partial charge in [-0.1, -0.05) is 47.5 Å². The van der Waals surface area contributed by atoms with E-state index in [-0.39, 0.29) is 14.9 Å². The molecule has 6 heteroatoms. The highest BCUT2D eigenvalue weighted by Gasteiger charge is 2.21. The first kappa shape index (κ1) is 15.6. The molecular formula is C15H9Cl2NO2S. The lowest BCUT2D eigenvalue weighted by Crippen LogP contribution is -2.03. The van der Waals surface area contributed by atoms with Crippen LogP contribution < -0.4 is 0 Å². The Morgan fingerprint density at radius 3 is 2.10 bits per heavy atom. The highest BCUT2D eigenvalue weighted by Crippen LogP contribution is 2.29. The molecule has 3 nitrogen and oxygen atoms in total. The molecule has 0 unspecified atom stereocenters. The molecule has 106 valence electrons. The summed E-state index contributed by atoms with van der Waals surface area (Å²) in [6, 6.07) is 14.2. The van der Waals surface area contributed by atoms with Crippen molar-refractivity contribution in [2.24, 2.45) is 0 Å².